The molecular weight excluding hydrogens is 424 g/mol. The fraction of sp³-hybridized carbons (Fsp3) is 0.150. The minimum absolute atomic E-state index is 0.0490. The molecule has 3 aromatic rings. The summed E-state index contributed by atoms with van der Waals surface area (Å²) in [5.41, 5.74) is 2.22. The molecule has 0 aliphatic carbocycles. The van der Waals surface area contributed by atoms with E-state index in [1.54, 1.807) is 38.3 Å². The normalized spacial score (nSPS) is 10.5. The van der Waals surface area contributed by atoms with Crippen LogP contribution in [0.1, 0.15) is 26.5 Å². The molecule has 0 saturated heterocycles. The van der Waals surface area contributed by atoms with Gasteiger partial charge in [0.2, 0.25) is 10.9 Å². The Hall–Kier alpha value is -3.42. The van der Waals surface area contributed by atoms with Gasteiger partial charge in [-0.1, -0.05) is 18.2 Å². The zero-order valence-electron chi connectivity index (χ0n) is 16.2. The Bertz CT molecular complexity index is 1170. The highest BCUT2D eigenvalue weighted by atomic mass is 32.2. The van der Waals surface area contributed by atoms with Crippen molar-refractivity contribution in [3.8, 4) is 11.8 Å². The van der Waals surface area contributed by atoms with Crippen molar-refractivity contribution >= 4 is 39.0 Å². The number of nitriles is 1. The number of hydrogen-bond donors (Lipinski definition) is 2. The van der Waals surface area contributed by atoms with Crippen LogP contribution in [-0.2, 0) is 17.4 Å². The monoisotopic (exact) mass is 442 g/mol. The highest BCUT2D eigenvalue weighted by Gasteiger charge is 2.21. The van der Waals surface area contributed by atoms with Crippen LogP contribution in [0.25, 0.3) is 0 Å². The Labute approximate surface area is 179 Å². The van der Waals surface area contributed by atoms with Crippen LogP contribution < -0.4 is 14.4 Å². The first-order valence-corrected chi connectivity index (χ1v) is 10.7. The Balaban J connectivity index is 2.05. The molecular formula is C20H18N4O4S2. The number of hydrogen-bond acceptors (Lipinski definition) is 8. The number of aryl methyl sites for hydroxylation is 1. The van der Waals surface area contributed by atoms with E-state index >= 15 is 0 Å². The average molecular weight is 443 g/mol. The minimum Gasteiger partial charge on any atom is -0.496 e. The van der Waals surface area contributed by atoms with E-state index in [2.05, 4.69) is 11.1 Å². The Morgan fingerprint density at radius 1 is 1.23 bits per heavy atom. The van der Waals surface area contributed by atoms with Crippen molar-refractivity contribution in [1.29, 1.82) is 5.26 Å². The molecule has 154 valence electrons. The van der Waals surface area contributed by atoms with Crippen LogP contribution in [0.4, 0.5) is 10.8 Å². The van der Waals surface area contributed by atoms with Crippen LogP contribution in [0.5, 0.6) is 5.75 Å². The van der Waals surface area contributed by atoms with Gasteiger partial charge in [-0.25, -0.2) is 18.1 Å². The highest BCUT2D eigenvalue weighted by Crippen LogP contribution is 2.34. The van der Waals surface area contributed by atoms with E-state index in [0.29, 0.717) is 27.9 Å². The summed E-state index contributed by atoms with van der Waals surface area (Å²) in [6.45, 7) is 2.09. The first-order valence-electron chi connectivity index (χ1n) is 8.75. The molecule has 0 bridgehead atoms. The molecule has 0 saturated carbocycles. The number of thiazole rings is 1. The van der Waals surface area contributed by atoms with Crippen LogP contribution in [0.15, 0.2) is 48.5 Å². The molecule has 0 fully saturated rings. The minimum atomic E-state index is -3.07. The number of rotatable bonds is 7. The molecule has 0 spiro atoms. The number of nitrogens with zero attached hydrogens (tertiary/aromatic N) is 3. The molecule has 1 N–H and O–H groups in total. The Kier molecular flexibility index (Phi) is 6.66. The second-order valence-electron chi connectivity index (χ2n) is 6.16. The molecule has 1 amide bonds. The second-order valence-corrected chi connectivity index (χ2v) is 8.08. The summed E-state index contributed by atoms with van der Waals surface area (Å²) in [4.78, 5) is 19.0. The third kappa shape index (κ3) is 4.76. The number of para-hydroxylation sites is 1. The molecule has 0 unspecified atom stereocenters. The number of methoxy groups -OCH3 is 1. The molecule has 8 nitrogen and oxygen atoms in total. The number of nitrogens with one attached hydrogen (secondary N) is 1. The molecule has 1 aromatic heterocycles. The van der Waals surface area contributed by atoms with Crippen LogP contribution in [0, 0.1) is 18.3 Å². The smallest absolute Gasteiger partial charge is 0.284 e. The molecule has 30 heavy (non-hydrogen) atoms. The van der Waals surface area contributed by atoms with Crippen molar-refractivity contribution in [1.82, 2.24) is 9.71 Å². The number of thiol groups is 1. The van der Waals surface area contributed by atoms with Crippen molar-refractivity contribution in [3.05, 3.63) is 70.2 Å². The van der Waals surface area contributed by atoms with Crippen molar-refractivity contribution < 1.29 is 17.9 Å². The lowest BCUT2D eigenvalue weighted by atomic mass is 10.1. The van der Waals surface area contributed by atoms with E-state index in [4.69, 9.17) is 10.00 Å². The number of carbonyl (C=O) groups excluding carboxylic acids is 1. The zero-order chi connectivity index (χ0) is 21.7. The van der Waals surface area contributed by atoms with Crippen molar-refractivity contribution in [2.24, 2.45) is 0 Å². The molecule has 0 atom stereocenters. The van der Waals surface area contributed by atoms with E-state index in [9.17, 15) is 13.2 Å². The highest BCUT2D eigenvalue weighted by molar-refractivity contribution is 7.71. The maximum Gasteiger partial charge on any atom is 0.284 e. The van der Waals surface area contributed by atoms with E-state index < -0.39 is 16.8 Å². The van der Waals surface area contributed by atoms with Gasteiger partial charge in [0.15, 0.2) is 5.13 Å². The molecule has 0 aliphatic heterocycles. The predicted molar refractivity (Wildman–Crippen MR) is 115 cm³/mol. The number of aromatic nitrogens is 1. The summed E-state index contributed by atoms with van der Waals surface area (Å²) in [5.74, 6) is -0.0751. The number of benzene rings is 2. The lowest BCUT2D eigenvalue weighted by Crippen LogP contribution is -2.23. The van der Waals surface area contributed by atoms with Crippen molar-refractivity contribution in [2.75, 3.05) is 12.0 Å². The number of anilines is 2. The number of amides is 1. The second kappa shape index (κ2) is 9.39. The van der Waals surface area contributed by atoms with Crippen LogP contribution in [0.3, 0.4) is 0 Å². The Morgan fingerprint density at radius 2 is 1.93 bits per heavy atom. The summed E-state index contributed by atoms with van der Waals surface area (Å²) < 4.78 is 29.0. The summed E-state index contributed by atoms with van der Waals surface area (Å²) in [6, 6.07) is 16.6. The molecule has 2 aromatic carbocycles. The zero-order valence-corrected chi connectivity index (χ0v) is 17.9. The van der Waals surface area contributed by atoms with Gasteiger partial charge in [-0.2, -0.15) is 5.26 Å². The van der Waals surface area contributed by atoms with Gasteiger partial charge in [0.05, 0.1) is 25.3 Å². The van der Waals surface area contributed by atoms with Gasteiger partial charge >= 0.3 is 0 Å². The first-order chi connectivity index (χ1) is 14.4. The van der Waals surface area contributed by atoms with Crippen molar-refractivity contribution in [2.45, 2.75) is 13.5 Å². The van der Waals surface area contributed by atoms with Crippen LogP contribution in [0.2, 0.25) is 0 Å². The summed E-state index contributed by atoms with van der Waals surface area (Å²) in [5, 5.41) is 9.58. The summed E-state index contributed by atoms with van der Waals surface area (Å²) in [7, 11) is -1.49. The summed E-state index contributed by atoms with van der Waals surface area (Å²) >= 11 is 1.27. The third-order valence-corrected chi connectivity index (χ3v) is 5.63. The molecule has 0 aliphatic rings. The van der Waals surface area contributed by atoms with Gasteiger partial charge in [-0.05, 0) is 37.3 Å². The fourth-order valence-electron chi connectivity index (χ4n) is 2.83. The molecule has 0 radical (unpaired) electrons. The van der Waals surface area contributed by atoms with E-state index in [0.717, 1.165) is 11.3 Å². The largest absolute Gasteiger partial charge is 0.496 e. The SMILES string of the molecule is COc1ccccc1CN(c1ccc(C#N)cc1)c1nc(C(=O)N[SH](=O)=O)c(C)s1. The maximum atomic E-state index is 12.2. The van der Waals surface area contributed by atoms with E-state index in [1.165, 1.54) is 11.3 Å². The predicted octanol–water partition coefficient (Wildman–Crippen LogP) is 2.93. The van der Waals surface area contributed by atoms with Gasteiger partial charge in [-0.15, -0.1) is 11.3 Å². The number of carbonyl (C=O) groups is 1. The fourth-order valence-corrected chi connectivity index (χ4v) is 4.03. The average Bonchev–Trinajstić information content (AvgIpc) is 3.13. The van der Waals surface area contributed by atoms with Crippen molar-refractivity contribution in [3.63, 3.8) is 0 Å². The van der Waals surface area contributed by atoms with Gasteiger partial charge in [0.25, 0.3) is 5.91 Å². The molecule has 10 heteroatoms. The Morgan fingerprint density at radius 3 is 2.57 bits per heavy atom. The lowest BCUT2D eigenvalue weighted by molar-refractivity contribution is 0.0978. The quantitative estimate of drug-likeness (QED) is 0.541. The van der Waals surface area contributed by atoms with Crippen LogP contribution >= 0.6 is 11.3 Å². The standard InChI is InChI=1S/C20H18N4O4S2/c1-13-18(19(25)23-30(26)27)22-20(29-13)24(16-9-7-14(11-21)8-10-16)12-15-5-3-4-6-17(15)28-2/h3-10,30H,12H2,1-2H3,(H,23,25,26,27). The van der Waals surface area contributed by atoms with E-state index in [-0.39, 0.29) is 5.69 Å². The maximum absolute atomic E-state index is 12.2. The number of ether oxygens (including phenoxy) is 1. The van der Waals surface area contributed by atoms with Gasteiger partial charge in [0.1, 0.15) is 11.4 Å². The van der Waals surface area contributed by atoms with Crippen LogP contribution in [-0.4, -0.2) is 26.4 Å². The molecule has 1 heterocycles. The van der Waals surface area contributed by atoms with E-state index in [1.807, 2.05) is 33.9 Å². The lowest BCUT2D eigenvalue weighted by Gasteiger charge is -2.23. The van der Waals surface area contributed by atoms with Gasteiger partial charge < -0.3 is 9.64 Å². The third-order valence-electron chi connectivity index (χ3n) is 4.25. The van der Waals surface area contributed by atoms with Gasteiger partial charge in [0, 0.05) is 16.1 Å². The molecule has 3 rings (SSSR count). The first kappa shape index (κ1) is 21.3. The topological polar surface area (TPSA) is 112 Å². The summed E-state index contributed by atoms with van der Waals surface area (Å²) in [6.07, 6.45) is 0. The van der Waals surface area contributed by atoms with Gasteiger partial charge in [-0.3, -0.25) is 4.79 Å².